The largest absolute Gasteiger partial charge is 0.508 e. The van der Waals surface area contributed by atoms with Crippen LogP contribution in [0.4, 0.5) is 0 Å². The molecule has 12 nitrogen and oxygen atoms in total. The number of aliphatic carboxylic acids is 1. The first-order chi connectivity index (χ1) is 15.4. The van der Waals surface area contributed by atoms with Crippen LogP contribution in [0.3, 0.4) is 0 Å². The molecule has 0 saturated heterocycles. The number of hydrogen-bond donors (Lipinski definition) is 7. The van der Waals surface area contributed by atoms with Crippen molar-refractivity contribution in [3.63, 3.8) is 0 Å². The molecule has 1 aromatic rings. The zero-order chi connectivity index (χ0) is 25.1. The average Bonchev–Trinajstić information content (AvgIpc) is 2.74. The Morgan fingerprint density at radius 1 is 0.970 bits per heavy atom. The van der Waals surface area contributed by atoms with Crippen molar-refractivity contribution >= 4 is 29.6 Å². The number of primary amides is 1. The Morgan fingerprint density at radius 2 is 1.58 bits per heavy atom. The zero-order valence-corrected chi connectivity index (χ0v) is 18.5. The minimum absolute atomic E-state index is 0.0182. The number of carboxylic acid groups (broad SMARTS) is 1. The Labute approximate surface area is 191 Å². The van der Waals surface area contributed by atoms with Crippen molar-refractivity contribution in [3.8, 4) is 5.75 Å². The molecule has 0 fully saturated rings. The highest BCUT2D eigenvalue weighted by Gasteiger charge is 2.26. The van der Waals surface area contributed by atoms with Crippen LogP contribution < -0.4 is 27.4 Å². The van der Waals surface area contributed by atoms with E-state index in [4.69, 9.17) is 11.5 Å². The van der Waals surface area contributed by atoms with E-state index >= 15 is 0 Å². The number of carbonyl (C=O) groups is 5. The number of benzene rings is 1. The van der Waals surface area contributed by atoms with E-state index in [0.717, 1.165) is 0 Å². The summed E-state index contributed by atoms with van der Waals surface area (Å²) in [7, 11) is 0. The van der Waals surface area contributed by atoms with Crippen LogP contribution in [0.25, 0.3) is 0 Å². The van der Waals surface area contributed by atoms with Crippen molar-refractivity contribution in [1.82, 2.24) is 16.0 Å². The molecule has 0 aromatic heterocycles. The quantitative estimate of drug-likeness (QED) is 0.179. The number of hydrogen-bond acceptors (Lipinski definition) is 7. The number of nitrogens with one attached hydrogen (secondary N) is 3. The fraction of sp³-hybridized carbons (Fsp3) is 0.476. The molecule has 0 aliphatic rings. The molecule has 182 valence electrons. The van der Waals surface area contributed by atoms with E-state index in [1.165, 1.54) is 24.3 Å². The van der Waals surface area contributed by atoms with E-state index in [2.05, 4.69) is 16.0 Å². The highest BCUT2D eigenvalue weighted by Crippen LogP contribution is 2.11. The maximum Gasteiger partial charge on any atom is 0.326 e. The van der Waals surface area contributed by atoms with Gasteiger partial charge in [0.1, 0.15) is 17.8 Å². The third-order valence-corrected chi connectivity index (χ3v) is 4.77. The van der Waals surface area contributed by atoms with Crippen LogP contribution in [0.1, 0.15) is 32.3 Å². The number of rotatable bonds is 13. The summed E-state index contributed by atoms with van der Waals surface area (Å²) in [5.74, 6) is -4.25. The molecule has 0 aliphatic carbocycles. The van der Waals surface area contributed by atoms with Gasteiger partial charge in [-0.3, -0.25) is 19.2 Å². The van der Waals surface area contributed by atoms with E-state index in [1.807, 2.05) is 0 Å². The highest BCUT2D eigenvalue weighted by molar-refractivity contribution is 5.93. The van der Waals surface area contributed by atoms with Crippen LogP contribution in [-0.2, 0) is 30.4 Å². The van der Waals surface area contributed by atoms with Gasteiger partial charge in [0.05, 0.1) is 12.6 Å². The second-order valence-electron chi connectivity index (χ2n) is 7.88. The van der Waals surface area contributed by atoms with Gasteiger partial charge in [-0.2, -0.15) is 0 Å². The monoisotopic (exact) mass is 465 g/mol. The van der Waals surface area contributed by atoms with E-state index < -0.39 is 54.3 Å². The maximum absolute atomic E-state index is 12.5. The highest BCUT2D eigenvalue weighted by atomic mass is 16.4. The molecule has 0 bridgehead atoms. The van der Waals surface area contributed by atoms with Gasteiger partial charge < -0.3 is 37.6 Å². The molecule has 0 spiro atoms. The lowest BCUT2D eigenvalue weighted by atomic mass is 10.0. The molecule has 33 heavy (non-hydrogen) atoms. The Morgan fingerprint density at radius 3 is 2.09 bits per heavy atom. The summed E-state index contributed by atoms with van der Waals surface area (Å²) < 4.78 is 0. The number of carbonyl (C=O) groups excluding carboxylic acids is 4. The van der Waals surface area contributed by atoms with Gasteiger partial charge >= 0.3 is 5.97 Å². The standard InChI is InChI=1S/C21H31N5O7/c1-11(2)18(23)20(31)26-14(7-8-16(22)28)19(30)24-10-17(29)25-15(21(32)33)9-12-3-5-13(27)6-4-12/h3-6,11,14-15,18,27H,7-10,23H2,1-2H3,(H2,22,28)(H,24,30)(H,25,29)(H,26,31)(H,32,33). The first kappa shape index (κ1) is 27.4. The van der Waals surface area contributed by atoms with Gasteiger partial charge in [-0.25, -0.2) is 4.79 Å². The normalized spacial score (nSPS) is 13.5. The number of amides is 4. The molecule has 3 unspecified atom stereocenters. The summed E-state index contributed by atoms with van der Waals surface area (Å²) in [4.78, 5) is 59.5. The molecule has 1 aromatic carbocycles. The second kappa shape index (κ2) is 13.0. The van der Waals surface area contributed by atoms with Gasteiger partial charge in [0, 0.05) is 12.8 Å². The lowest BCUT2D eigenvalue weighted by Gasteiger charge is -2.22. The van der Waals surface area contributed by atoms with E-state index in [0.29, 0.717) is 5.56 Å². The lowest BCUT2D eigenvalue weighted by molar-refractivity contribution is -0.141. The first-order valence-corrected chi connectivity index (χ1v) is 10.3. The summed E-state index contributed by atoms with van der Waals surface area (Å²) in [6, 6.07) is 2.51. The maximum atomic E-state index is 12.5. The number of phenolic OH excluding ortho intramolecular Hbond substituents is 1. The van der Waals surface area contributed by atoms with Crippen LogP contribution in [0.2, 0.25) is 0 Å². The summed E-state index contributed by atoms with van der Waals surface area (Å²) in [5.41, 5.74) is 11.5. The molecule has 3 atom stereocenters. The number of aromatic hydroxyl groups is 1. The van der Waals surface area contributed by atoms with Gasteiger partial charge in [-0.1, -0.05) is 26.0 Å². The molecule has 1 rings (SSSR count). The molecular formula is C21H31N5O7. The lowest BCUT2D eigenvalue weighted by Crippen LogP contribution is -2.54. The minimum atomic E-state index is -1.28. The molecule has 0 saturated carbocycles. The van der Waals surface area contributed by atoms with Gasteiger partial charge in [0.2, 0.25) is 23.6 Å². The first-order valence-electron chi connectivity index (χ1n) is 10.3. The number of nitrogens with two attached hydrogens (primary N) is 2. The Kier molecular flexibility index (Phi) is 10.8. The topological polar surface area (TPSA) is 214 Å². The smallest absolute Gasteiger partial charge is 0.326 e. The zero-order valence-electron chi connectivity index (χ0n) is 18.5. The van der Waals surface area contributed by atoms with Gasteiger partial charge in [-0.05, 0) is 30.0 Å². The van der Waals surface area contributed by atoms with E-state index in [1.54, 1.807) is 13.8 Å². The third kappa shape index (κ3) is 9.99. The van der Waals surface area contributed by atoms with Crippen molar-refractivity contribution in [2.24, 2.45) is 17.4 Å². The second-order valence-corrected chi connectivity index (χ2v) is 7.88. The molecule has 9 N–H and O–H groups in total. The van der Waals surface area contributed by atoms with Crippen molar-refractivity contribution in [2.45, 2.75) is 51.2 Å². The van der Waals surface area contributed by atoms with E-state index in [-0.39, 0.29) is 30.9 Å². The number of carboxylic acids is 1. The van der Waals surface area contributed by atoms with Crippen molar-refractivity contribution in [2.75, 3.05) is 6.54 Å². The Bertz CT molecular complexity index is 857. The van der Waals surface area contributed by atoms with Crippen LogP contribution in [0.5, 0.6) is 5.75 Å². The molecular weight excluding hydrogens is 434 g/mol. The summed E-state index contributed by atoms with van der Waals surface area (Å²) >= 11 is 0. The van der Waals surface area contributed by atoms with Gasteiger partial charge in [-0.15, -0.1) is 0 Å². The van der Waals surface area contributed by atoms with Gasteiger partial charge in [0.25, 0.3) is 0 Å². The van der Waals surface area contributed by atoms with Crippen LogP contribution in [0, 0.1) is 5.92 Å². The third-order valence-electron chi connectivity index (χ3n) is 4.77. The van der Waals surface area contributed by atoms with Crippen LogP contribution in [0.15, 0.2) is 24.3 Å². The predicted molar refractivity (Wildman–Crippen MR) is 118 cm³/mol. The minimum Gasteiger partial charge on any atom is -0.508 e. The van der Waals surface area contributed by atoms with E-state index in [9.17, 15) is 34.2 Å². The summed E-state index contributed by atoms with van der Waals surface area (Å²) in [6.45, 7) is 2.89. The van der Waals surface area contributed by atoms with Gasteiger partial charge in [0.15, 0.2) is 0 Å². The Balaban J connectivity index is 2.71. The fourth-order valence-electron chi connectivity index (χ4n) is 2.73. The molecule has 0 aliphatic heterocycles. The fourth-order valence-corrected chi connectivity index (χ4v) is 2.73. The van der Waals surface area contributed by atoms with Crippen molar-refractivity contribution in [1.29, 1.82) is 0 Å². The summed E-state index contributed by atoms with van der Waals surface area (Å²) in [5, 5.41) is 25.7. The van der Waals surface area contributed by atoms with Crippen molar-refractivity contribution in [3.05, 3.63) is 29.8 Å². The Hall–Kier alpha value is -3.67. The van der Waals surface area contributed by atoms with Crippen molar-refractivity contribution < 1.29 is 34.2 Å². The SMILES string of the molecule is CC(C)C(N)C(=O)NC(CCC(N)=O)C(=O)NCC(=O)NC(Cc1ccc(O)cc1)C(=O)O. The van der Waals surface area contributed by atoms with Crippen LogP contribution >= 0.6 is 0 Å². The molecule has 0 heterocycles. The molecule has 0 radical (unpaired) electrons. The number of phenols is 1. The molecule has 12 heteroatoms. The molecule has 4 amide bonds. The summed E-state index contributed by atoms with van der Waals surface area (Å²) in [6.07, 6.45) is -0.327. The van der Waals surface area contributed by atoms with Crippen LogP contribution in [-0.4, -0.2) is 64.5 Å². The predicted octanol–water partition coefficient (Wildman–Crippen LogP) is -1.65. The average molecular weight is 466 g/mol.